The minimum absolute atomic E-state index is 0.837. The van der Waals surface area contributed by atoms with E-state index in [1.807, 2.05) is 13.0 Å². The van der Waals surface area contributed by atoms with E-state index in [4.69, 9.17) is 0 Å². The molecule has 0 aromatic carbocycles. The Morgan fingerprint density at radius 2 is 2.27 bits per heavy atom. The molecule has 3 heteroatoms. The second kappa shape index (κ2) is 6.83. The summed E-state index contributed by atoms with van der Waals surface area (Å²) in [4.78, 5) is 8.34. The van der Waals surface area contributed by atoms with E-state index in [2.05, 4.69) is 34.0 Å². The van der Waals surface area contributed by atoms with Gasteiger partial charge in [0.05, 0.1) is 0 Å². The summed E-state index contributed by atoms with van der Waals surface area (Å²) in [6.07, 6.45) is 4.58. The van der Waals surface area contributed by atoms with Crippen LogP contribution in [0, 0.1) is 11.8 Å². The molecule has 0 atom stereocenters. The fourth-order valence-corrected chi connectivity index (χ4v) is 1.27. The van der Waals surface area contributed by atoms with E-state index in [-0.39, 0.29) is 0 Å². The summed E-state index contributed by atoms with van der Waals surface area (Å²) in [5.41, 5.74) is 1.09. The molecule has 0 fully saturated rings. The van der Waals surface area contributed by atoms with E-state index in [0.717, 1.165) is 37.3 Å². The normalized spacial score (nSPS) is 9.20. The van der Waals surface area contributed by atoms with Gasteiger partial charge < -0.3 is 5.32 Å². The molecule has 1 heterocycles. The van der Waals surface area contributed by atoms with E-state index in [9.17, 15) is 0 Å². The summed E-state index contributed by atoms with van der Waals surface area (Å²) < 4.78 is 0. The molecule has 0 saturated heterocycles. The average Bonchev–Trinajstić information content (AvgIpc) is 2.26. The number of aryl methyl sites for hydroxylation is 1. The Balaban J connectivity index is 2.45. The Labute approximate surface area is 91.3 Å². The average molecular weight is 203 g/mol. The molecular weight excluding hydrogens is 186 g/mol. The van der Waals surface area contributed by atoms with Crippen LogP contribution in [0.4, 0.5) is 5.82 Å². The molecule has 0 amide bonds. The number of nitrogens with one attached hydrogen (secondary N) is 1. The molecule has 0 unspecified atom stereocenters. The Morgan fingerprint density at radius 1 is 1.40 bits per heavy atom. The summed E-state index contributed by atoms with van der Waals surface area (Å²) in [5.74, 6) is 6.76. The van der Waals surface area contributed by atoms with Crippen molar-refractivity contribution in [3.8, 4) is 11.8 Å². The van der Waals surface area contributed by atoms with Gasteiger partial charge >= 0.3 is 0 Å². The SMILES string of the molecule is CC#CCCNc1cc(CCC)ncn1. The maximum Gasteiger partial charge on any atom is 0.129 e. The molecule has 1 aromatic heterocycles. The van der Waals surface area contributed by atoms with Gasteiger partial charge in [-0.05, 0) is 13.3 Å². The van der Waals surface area contributed by atoms with Crippen LogP contribution in [0.2, 0.25) is 0 Å². The Kier molecular flexibility index (Phi) is 5.24. The molecule has 0 bridgehead atoms. The largest absolute Gasteiger partial charge is 0.369 e. The fraction of sp³-hybridized carbons (Fsp3) is 0.500. The van der Waals surface area contributed by atoms with Crippen LogP contribution in [-0.2, 0) is 6.42 Å². The highest BCUT2D eigenvalue weighted by Gasteiger charge is 1.96. The van der Waals surface area contributed by atoms with E-state index in [0.29, 0.717) is 0 Å². The zero-order chi connectivity index (χ0) is 10.9. The lowest BCUT2D eigenvalue weighted by molar-refractivity contribution is 0.871. The predicted octanol–water partition coefficient (Wildman–Crippen LogP) is 2.25. The van der Waals surface area contributed by atoms with Gasteiger partial charge in [0, 0.05) is 24.7 Å². The van der Waals surface area contributed by atoms with Gasteiger partial charge in [0.15, 0.2) is 0 Å². The van der Waals surface area contributed by atoms with Gasteiger partial charge in [-0.15, -0.1) is 11.8 Å². The van der Waals surface area contributed by atoms with Crippen molar-refractivity contribution >= 4 is 5.82 Å². The zero-order valence-electron chi connectivity index (χ0n) is 9.38. The van der Waals surface area contributed by atoms with E-state index >= 15 is 0 Å². The molecule has 15 heavy (non-hydrogen) atoms. The first-order chi connectivity index (χ1) is 7.36. The molecule has 3 nitrogen and oxygen atoms in total. The monoisotopic (exact) mass is 203 g/mol. The van der Waals surface area contributed by atoms with Crippen molar-refractivity contribution in [1.82, 2.24) is 9.97 Å². The molecule has 0 aliphatic heterocycles. The van der Waals surface area contributed by atoms with Gasteiger partial charge in [-0.1, -0.05) is 13.3 Å². The lowest BCUT2D eigenvalue weighted by atomic mass is 10.2. The number of aromatic nitrogens is 2. The molecule has 1 aromatic rings. The van der Waals surface area contributed by atoms with Crippen LogP contribution in [0.5, 0.6) is 0 Å². The van der Waals surface area contributed by atoms with Gasteiger partial charge in [0.2, 0.25) is 0 Å². The molecule has 0 saturated carbocycles. The Bertz CT molecular complexity index is 349. The first-order valence-corrected chi connectivity index (χ1v) is 5.31. The van der Waals surface area contributed by atoms with Gasteiger partial charge in [-0.25, -0.2) is 9.97 Å². The highest BCUT2D eigenvalue weighted by atomic mass is 15.0. The van der Waals surface area contributed by atoms with Crippen molar-refractivity contribution in [3.63, 3.8) is 0 Å². The topological polar surface area (TPSA) is 37.8 Å². The van der Waals surface area contributed by atoms with Gasteiger partial charge in [0.25, 0.3) is 0 Å². The minimum atomic E-state index is 0.837. The summed E-state index contributed by atoms with van der Waals surface area (Å²) in [7, 11) is 0. The van der Waals surface area contributed by atoms with Crippen molar-refractivity contribution in [2.45, 2.75) is 33.1 Å². The summed E-state index contributed by atoms with van der Waals surface area (Å²) in [5, 5.41) is 3.22. The quantitative estimate of drug-likeness (QED) is 0.589. The van der Waals surface area contributed by atoms with Crippen molar-refractivity contribution < 1.29 is 0 Å². The van der Waals surface area contributed by atoms with Crippen molar-refractivity contribution in [3.05, 3.63) is 18.1 Å². The van der Waals surface area contributed by atoms with Crippen LogP contribution in [0.3, 0.4) is 0 Å². The Hall–Kier alpha value is -1.56. The zero-order valence-corrected chi connectivity index (χ0v) is 9.38. The maximum atomic E-state index is 4.19. The number of anilines is 1. The molecule has 1 rings (SSSR count). The van der Waals surface area contributed by atoms with Crippen LogP contribution in [0.25, 0.3) is 0 Å². The minimum Gasteiger partial charge on any atom is -0.369 e. The smallest absolute Gasteiger partial charge is 0.129 e. The molecule has 1 N–H and O–H groups in total. The van der Waals surface area contributed by atoms with Crippen LogP contribution < -0.4 is 5.32 Å². The summed E-state index contributed by atoms with van der Waals surface area (Å²) in [6.45, 7) is 4.83. The van der Waals surface area contributed by atoms with Crippen LogP contribution in [-0.4, -0.2) is 16.5 Å². The lowest BCUT2D eigenvalue weighted by Gasteiger charge is -2.04. The van der Waals surface area contributed by atoms with Crippen molar-refractivity contribution in [2.75, 3.05) is 11.9 Å². The summed E-state index contributed by atoms with van der Waals surface area (Å²) in [6, 6.07) is 2.00. The molecule has 0 spiro atoms. The van der Waals surface area contributed by atoms with Crippen molar-refractivity contribution in [2.24, 2.45) is 0 Å². The third kappa shape index (κ3) is 4.46. The second-order valence-electron chi connectivity index (χ2n) is 3.25. The highest BCUT2D eigenvalue weighted by Crippen LogP contribution is 2.05. The molecule has 0 aliphatic rings. The highest BCUT2D eigenvalue weighted by molar-refractivity contribution is 5.34. The molecule has 0 aliphatic carbocycles. The number of hydrogen-bond acceptors (Lipinski definition) is 3. The number of nitrogens with zero attached hydrogens (tertiary/aromatic N) is 2. The predicted molar refractivity (Wildman–Crippen MR) is 62.6 cm³/mol. The summed E-state index contributed by atoms with van der Waals surface area (Å²) >= 11 is 0. The fourth-order valence-electron chi connectivity index (χ4n) is 1.27. The van der Waals surface area contributed by atoms with E-state index < -0.39 is 0 Å². The molecule has 0 radical (unpaired) electrons. The lowest BCUT2D eigenvalue weighted by Crippen LogP contribution is -2.03. The van der Waals surface area contributed by atoms with Gasteiger partial charge in [0.1, 0.15) is 12.1 Å². The third-order valence-electron chi connectivity index (χ3n) is 1.96. The Morgan fingerprint density at radius 3 is 3.00 bits per heavy atom. The van der Waals surface area contributed by atoms with Gasteiger partial charge in [-0.2, -0.15) is 0 Å². The first kappa shape index (κ1) is 11.5. The first-order valence-electron chi connectivity index (χ1n) is 5.31. The van der Waals surface area contributed by atoms with E-state index in [1.54, 1.807) is 6.33 Å². The maximum absolute atomic E-state index is 4.19. The standard InChI is InChI=1S/C12H17N3/c1-3-5-6-8-13-12-9-11(7-4-2)14-10-15-12/h9-10H,4,6-8H2,1-2H3,(H,13,14,15). The van der Waals surface area contributed by atoms with Crippen LogP contribution in [0.15, 0.2) is 12.4 Å². The number of rotatable bonds is 5. The number of hydrogen-bond donors (Lipinski definition) is 1. The van der Waals surface area contributed by atoms with E-state index in [1.165, 1.54) is 0 Å². The van der Waals surface area contributed by atoms with Crippen LogP contribution >= 0.6 is 0 Å². The third-order valence-corrected chi connectivity index (χ3v) is 1.96. The van der Waals surface area contributed by atoms with Gasteiger partial charge in [-0.3, -0.25) is 0 Å². The van der Waals surface area contributed by atoms with Crippen LogP contribution in [0.1, 0.15) is 32.4 Å². The second-order valence-corrected chi connectivity index (χ2v) is 3.25. The van der Waals surface area contributed by atoms with Crippen molar-refractivity contribution in [1.29, 1.82) is 0 Å². The molecule has 80 valence electrons. The molecular formula is C12H17N3.